The maximum atomic E-state index is 13.7. The summed E-state index contributed by atoms with van der Waals surface area (Å²) in [7, 11) is 3.15. The van der Waals surface area contributed by atoms with Gasteiger partial charge in [0.2, 0.25) is 0 Å². The number of nitrogens with zero attached hydrogens (tertiary/aromatic N) is 6. The van der Waals surface area contributed by atoms with Crippen LogP contribution < -0.4 is 10.2 Å². The number of nitrogens with one attached hydrogen (secondary N) is 1. The van der Waals surface area contributed by atoms with Crippen molar-refractivity contribution in [3.8, 4) is 11.3 Å². The van der Waals surface area contributed by atoms with Crippen LogP contribution >= 0.6 is 0 Å². The summed E-state index contributed by atoms with van der Waals surface area (Å²) in [6.07, 6.45) is 5.84. The molecule has 2 aliphatic heterocycles. The van der Waals surface area contributed by atoms with Gasteiger partial charge in [-0.2, -0.15) is 0 Å². The second kappa shape index (κ2) is 14.0. The molecule has 2 saturated heterocycles. The van der Waals surface area contributed by atoms with Crippen LogP contribution in [0.5, 0.6) is 0 Å². The fourth-order valence-corrected chi connectivity index (χ4v) is 4.38. The minimum absolute atomic E-state index is 0. The minimum Gasteiger partial charge on any atom is -0.662 e. The molecular weight excluding hydrogens is 534 g/mol. The molecule has 2 fully saturated rings. The summed E-state index contributed by atoms with van der Waals surface area (Å²) in [5.41, 5.74) is 3.52. The zero-order valence-electron chi connectivity index (χ0n) is 20.9. The summed E-state index contributed by atoms with van der Waals surface area (Å²) in [5.74, 6) is 1.33. The molecule has 4 heterocycles. The Morgan fingerprint density at radius 2 is 1.86 bits per heavy atom. The van der Waals surface area contributed by atoms with Crippen molar-refractivity contribution in [3.63, 3.8) is 0 Å². The van der Waals surface area contributed by atoms with Crippen LogP contribution in [0, 0.1) is 5.82 Å². The number of aromatic nitrogens is 3. The van der Waals surface area contributed by atoms with Crippen LogP contribution in [-0.4, -0.2) is 78.4 Å². The number of anilines is 3. The van der Waals surface area contributed by atoms with Gasteiger partial charge in [-0.15, -0.1) is 13.1 Å². The molecule has 0 aliphatic carbocycles. The minimum atomic E-state index is -0.287. The molecule has 36 heavy (non-hydrogen) atoms. The van der Waals surface area contributed by atoms with Gasteiger partial charge in [-0.1, -0.05) is 12.5 Å². The largest absolute Gasteiger partial charge is 0.662 e. The average molecular weight is 568 g/mol. The van der Waals surface area contributed by atoms with Crippen molar-refractivity contribution in [1.82, 2.24) is 19.9 Å². The van der Waals surface area contributed by atoms with Crippen LogP contribution in [0.1, 0.15) is 24.6 Å². The van der Waals surface area contributed by atoms with Crippen LogP contribution in [0.3, 0.4) is 0 Å². The second-order valence-corrected chi connectivity index (χ2v) is 8.82. The number of rotatable bonds is 5. The van der Waals surface area contributed by atoms with Gasteiger partial charge >= 0.3 is 0 Å². The summed E-state index contributed by atoms with van der Waals surface area (Å²) in [6.45, 7) is 5.67. The van der Waals surface area contributed by atoms with Gasteiger partial charge in [-0.25, -0.2) is 14.4 Å². The zero-order chi connectivity index (χ0) is 24.6. The van der Waals surface area contributed by atoms with Gasteiger partial charge < -0.3 is 25.5 Å². The Morgan fingerprint density at radius 3 is 2.58 bits per heavy atom. The summed E-state index contributed by atoms with van der Waals surface area (Å²) in [6, 6.07) is 10.5. The van der Waals surface area contributed by atoms with Gasteiger partial charge in [-0.3, -0.25) is 4.98 Å². The van der Waals surface area contributed by atoms with E-state index in [1.54, 1.807) is 6.07 Å². The molecule has 0 spiro atoms. The molecule has 10 heteroatoms. The van der Waals surface area contributed by atoms with Crippen molar-refractivity contribution in [3.05, 3.63) is 65.8 Å². The first kappa shape index (κ1) is 28.5. The molecule has 5 rings (SSSR count). The van der Waals surface area contributed by atoms with E-state index >= 15 is 0 Å². The molecule has 189 valence electrons. The van der Waals surface area contributed by atoms with Gasteiger partial charge in [0.05, 0.1) is 17.6 Å². The van der Waals surface area contributed by atoms with E-state index in [0.717, 1.165) is 82.0 Å². The predicted molar refractivity (Wildman–Crippen MR) is 138 cm³/mol. The van der Waals surface area contributed by atoms with Gasteiger partial charge in [0.25, 0.3) is 0 Å². The van der Waals surface area contributed by atoms with Crippen molar-refractivity contribution in [2.45, 2.75) is 18.8 Å². The Morgan fingerprint density at radius 1 is 1.06 bits per heavy atom. The van der Waals surface area contributed by atoms with E-state index in [-0.39, 0.29) is 44.4 Å². The van der Waals surface area contributed by atoms with E-state index in [4.69, 9.17) is 15.1 Å². The van der Waals surface area contributed by atoms with E-state index in [1.165, 1.54) is 12.1 Å². The quantitative estimate of drug-likeness (QED) is 0.481. The fraction of sp³-hybridized carbons (Fsp3) is 0.423. The maximum Gasteiger partial charge on any atom is 0.134 e. The van der Waals surface area contributed by atoms with Crippen molar-refractivity contribution >= 4 is 17.2 Å². The summed E-state index contributed by atoms with van der Waals surface area (Å²) in [4.78, 5) is 18.9. The number of likely N-dealkylation sites (N-methyl/N-ethyl adjacent to an activating group) is 1. The second-order valence-electron chi connectivity index (χ2n) is 8.82. The fourth-order valence-electron chi connectivity index (χ4n) is 4.38. The normalized spacial score (nSPS) is 18.0. The van der Waals surface area contributed by atoms with Crippen LogP contribution in [0.2, 0.25) is 0 Å². The molecule has 2 aliphatic rings. The Hall–Kier alpha value is -2.04. The van der Waals surface area contributed by atoms with Crippen LogP contribution in [0.15, 0.2) is 48.8 Å². The van der Waals surface area contributed by atoms with Crippen LogP contribution in [-0.2, 0) is 32.7 Å². The van der Waals surface area contributed by atoms with Crippen LogP contribution in [0.4, 0.5) is 21.6 Å². The van der Waals surface area contributed by atoms with Gasteiger partial charge in [0.1, 0.15) is 17.5 Å². The van der Waals surface area contributed by atoms with Crippen LogP contribution in [0.25, 0.3) is 16.6 Å². The number of hydrogen-bond acceptors (Lipinski definition) is 7. The average Bonchev–Trinajstić information content (AvgIpc) is 2.91. The molecule has 2 N–H and O–H groups in total. The van der Waals surface area contributed by atoms with Crippen molar-refractivity contribution in [2.24, 2.45) is 0 Å². The first-order valence-electron chi connectivity index (χ1n) is 12.0. The van der Waals surface area contributed by atoms with Gasteiger partial charge in [-0.05, 0) is 37.7 Å². The first-order chi connectivity index (χ1) is 17.1. The summed E-state index contributed by atoms with van der Waals surface area (Å²) in [5, 5.41) is 14.8. The zero-order valence-corrected chi connectivity index (χ0v) is 23.8. The molecule has 3 aromatic rings. The summed E-state index contributed by atoms with van der Waals surface area (Å²) >= 11 is 0. The third-order valence-electron chi connectivity index (χ3n) is 6.31. The molecule has 0 amide bonds. The summed E-state index contributed by atoms with van der Waals surface area (Å²) < 4.78 is 13.7. The number of piperidine rings is 1. The van der Waals surface area contributed by atoms with E-state index < -0.39 is 0 Å². The van der Waals surface area contributed by atoms with Crippen molar-refractivity contribution < 1.29 is 42.2 Å². The molecular formula is C26H33FN7OY-. The number of piperazine rings is 1. The molecule has 0 saturated carbocycles. The van der Waals surface area contributed by atoms with E-state index in [9.17, 15) is 4.39 Å². The van der Waals surface area contributed by atoms with Crippen molar-refractivity contribution in [1.29, 1.82) is 0 Å². The molecule has 2 aromatic heterocycles. The molecule has 8 nitrogen and oxygen atoms in total. The third-order valence-corrected chi connectivity index (χ3v) is 6.31. The maximum absolute atomic E-state index is 13.7. The third kappa shape index (κ3) is 7.49. The molecule has 1 atom stereocenters. The van der Waals surface area contributed by atoms with E-state index in [0.29, 0.717) is 11.5 Å². The number of aliphatic hydroxyl groups is 1. The molecule has 1 unspecified atom stereocenters. The number of halogens is 1. The van der Waals surface area contributed by atoms with Crippen molar-refractivity contribution in [2.75, 3.05) is 63.6 Å². The number of hydrogen-bond donors (Lipinski definition) is 2. The molecule has 0 bridgehead atoms. The predicted octanol–water partition coefficient (Wildman–Crippen LogP) is 4.03. The van der Waals surface area contributed by atoms with Gasteiger partial charge in [0, 0.05) is 95.4 Å². The van der Waals surface area contributed by atoms with Gasteiger partial charge in [0.15, 0.2) is 0 Å². The Kier molecular flexibility index (Phi) is 11.1. The Balaban J connectivity index is 0.00000117. The number of pyridine rings is 1. The Labute approximate surface area is 237 Å². The number of benzene rings is 1. The molecule has 1 radical (unpaired) electrons. The topological polar surface area (TPSA) is 91.5 Å². The van der Waals surface area contributed by atoms with E-state index in [2.05, 4.69) is 38.5 Å². The Bertz CT molecular complexity index is 1110. The first-order valence-corrected chi connectivity index (χ1v) is 12.0. The molecule has 1 aromatic carbocycles. The SMILES string of the molecule is CN1CCN(c2cncc(-c3cc(Nc4cccc(F)c4)nc(C4CCC[N-]C4)n3)c2)CC1.CO.[Y]. The smallest absolute Gasteiger partial charge is 0.134 e. The monoisotopic (exact) mass is 567 g/mol. The standard InChI is InChI=1S/C25H29FN7.CH4O.Y/c1-32-8-10-33(11-9-32)22-12-19(16-28-17-22)23-14-24(29-21-6-2-5-20(26)13-21)31-25(30-23)18-4-3-7-27-15-18;1-2;/h2,5-6,12-14,16-18H,3-4,7-11,15H2,1H3,(H,29,30,31);2H,1H3;/q-1;;. The van der Waals surface area contributed by atoms with E-state index in [1.807, 2.05) is 24.5 Å². The number of aliphatic hydroxyl groups excluding tert-OH is 1.